The first-order chi connectivity index (χ1) is 8.04. The van der Waals surface area contributed by atoms with Gasteiger partial charge in [0.15, 0.2) is 0 Å². The van der Waals surface area contributed by atoms with Gasteiger partial charge in [0.1, 0.15) is 6.20 Å². The number of rotatable bonds is 4. The average Bonchev–Trinajstić information content (AvgIpc) is 2.29. The molecule has 0 spiro atoms. The van der Waals surface area contributed by atoms with Gasteiger partial charge in [-0.3, -0.25) is 14.9 Å². The molecule has 0 saturated carbocycles. The van der Waals surface area contributed by atoms with E-state index < -0.39 is 22.6 Å². The summed E-state index contributed by atoms with van der Waals surface area (Å²) in [6.07, 6.45) is 2.01. The van der Waals surface area contributed by atoms with Crippen molar-refractivity contribution in [1.29, 1.82) is 0 Å². The van der Waals surface area contributed by atoms with E-state index in [4.69, 9.17) is 0 Å². The maximum atomic E-state index is 11.5. The Bertz CT molecular complexity index is 459. The van der Waals surface area contributed by atoms with E-state index in [1.165, 1.54) is 6.07 Å². The van der Waals surface area contributed by atoms with E-state index in [0.29, 0.717) is 6.42 Å². The number of pyridine rings is 1. The van der Waals surface area contributed by atoms with E-state index in [2.05, 4.69) is 10.3 Å². The summed E-state index contributed by atoms with van der Waals surface area (Å²) < 4.78 is 0. The predicted octanol–water partition coefficient (Wildman–Crippen LogP) is 1.05. The molecule has 0 bridgehead atoms. The zero-order valence-electron chi connectivity index (χ0n) is 9.17. The molecule has 1 N–H and O–H groups in total. The van der Waals surface area contributed by atoms with Gasteiger partial charge in [0.05, 0.1) is 5.56 Å². The number of carbonyl (C=O) groups is 2. The van der Waals surface area contributed by atoms with Crippen molar-refractivity contribution in [3.63, 3.8) is 0 Å². The van der Waals surface area contributed by atoms with Crippen molar-refractivity contribution in [2.75, 3.05) is 0 Å². The molecule has 0 unspecified atom stereocenters. The molecule has 0 aliphatic carbocycles. The van der Waals surface area contributed by atoms with E-state index in [-0.39, 0.29) is 12.0 Å². The standard InChI is InChI=1S/C10H11N3O4/c1-2-3-9(14)12-10(15)7-4-5-11-8(6-7)13(16)17/h4-6H,2-3H2,1H3,(H,12,14,15). The summed E-state index contributed by atoms with van der Waals surface area (Å²) in [5.41, 5.74) is 0.0381. The average molecular weight is 237 g/mol. The number of nitrogens with one attached hydrogen (secondary N) is 1. The van der Waals surface area contributed by atoms with Gasteiger partial charge in [-0.2, -0.15) is 0 Å². The summed E-state index contributed by atoms with van der Waals surface area (Å²) in [7, 11) is 0. The summed E-state index contributed by atoms with van der Waals surface area (Å²) in [6, 6.07) is 2.33. The number of amides is 2. The summed E-state index contributed by atoms with van der Waals surface area (Å²) in [6.45, 7) is 1.81. The number of hydrogen-bond acceptors (Lipinski definition) is 5. The second-order valence-corrected chi connectivity index (χ2v) is 3.29. The van der Waals surface area contributed by atoms with Crippen LogP contribution in [0.1, 0.15) is 30.1 Å². The lowest BCUT2D eigenvalue weighted by molar-refractivity contribution is -0.389. The van der Waals surface area contributed by atoms with E-state index in [0.717, 1.165) is 12.3 Å². The van der Waals surface area contributed by atoms with Crippen molar-refractivity contribution in [2.24, 2.45) is 0 Å². The number of imide groups is 1. The van der Waals surface area contributed by atoms with E-state index >= 15 is 0 Å². The molecular weight excluding hydrogens is 226 g/mol. The molecule has 90 valence electrons. The lowest BCUT2D eigenvalue weighted by Gasteiger charge is -2.02. The molecule has 0 atom stereocenters. The first-order valence-electron chi connectivity index (χ1n) is 4.99. The topological polar surface area (TPSA) is 102 Å². The molecule has 7 heteroatoms. The van der Waals surface area contributed by atoms with Gasteiger partial charge in [-0.1, -0.05) is 6.92 Å². The normalized spacial score (nSPS) is 9.71. The fraction of sp³-hybridized carbons (Fsp3) is 0.300. The quantitative estimate of drug-likeness (QED) is 0.622. The Balaban J connectivity index is 2.79. The molecule has 2 amide bonds. The van der Waals surface area contributed by atoms with Crippen LogP contribution >= 0.6 is 0 Å². The number of hydrogen-bond donors (Lipinski definition) is 1. The Morgan fingerprint density at radius 1 is 1.53 bits per heavy atom. The Hall–Kier alpha value is -2.31. The van der Waals surface area contributed by atoms with Crippen LogP contribution in [0.25, 0.3) is 0 Å². The van der Waals surface area contributed by atoms with Gasteiger partial charge >= 0.3 is 5.82 Å². The van der Waals surface area contributed by atoms with Crippen LogP contribution < -0.4 is 5.32 Å². The minimum absolute atomic E-state index is 0.0381. The van der Waals surface area contributed by atoms with Crippen LogP contribution in [0.3, 0.4) is 0 Å². The third-order valence-electron chi connectivity index (χ3n) is 1.92. The van der Waals surface area contributed by atoms with Crippen LogP contribution in [0, 0.1) is 10.1 Å². The number of carbonyl (C=O) groups excluding carboxylic acids is 2. The maximum absolute atomic E-state index is 11.5. The number of nitro groups is 1. The second kappa shape index (κ2) is 5.69. The van der Waals surface area contributed by atoms with Gasteiger partial charge in [0.25, 0.3) is 5.91 Å². The van der Waals surface area contributed by atoms with Crippen molar-refractivity contribution in [3.8, 4) is 0 Å². The summed E-state index contributed by atoms with van der Waals surface area (Å²) in [5, 5.41) is 12.6. The van der Waals surface area contributed by atoms with Gasteiger partial charge in [-0.15, -0.1) is 0 Å². The highest BCUT2D eigenvalue weighted by Gasteiger charge is 2.14. The maximum Gasteiger partial charge on any atom is 0.364 e. The zero-order valence-corrected chi connectivity index (χ0v) is 9.17. The first-order valence-corrected chi connectivity index (χ1v) is 4.99. The van der Waals surface area contributed by atoms with Gasteiger partial charge in [-0.25, -0.2) is 0 Å². The highest BCUT2D eigenvalue weighted by molar-refractivity contribution is 6.04. The van der Waals surface area contributed by atoms with Crippen molar-refractivity contribution in [2.45, 2.75) is 19.8 Å². The fourth-order valence-electron chi connectivity index (χ4n) is 1.15. The lowest BCUT2D eigenvalue weighted by atomic mass is 10.2. The monoisotopic (exact) mass is 237 g/mol. The molecule has 0 aliphatic heterocycles. The number of nitrogens with zero attached hydrogens (tertiary/aromatic N) is 2. The van der Waals surface area contributed by atoms with Gasteiger partial charge in [0, 0.05) is 12.5 Å². The van der Waals surface area contributed by atoms with Crippen molar-refractivity contribution < 1.29 is 14.5 Å². The molecule has 1 aromatic rings. The fourth-order valence-corrected chi connectivity index (χ4v) is 1.15. The third kappa shape index (κ3) is 3.63. The van der Waals surface area contributed by atoms with E-state index in [1.54, 1.807) is 6.92 Å². The van der Waals surface area contributed by atoms with Crippen molar-refractivity contribution in [1.82, 2.24) is 10.3 Å². The molecule has 1 aromatic heterocycles. The third-order valence-corrected chi connectivity index (χ3v) is 1.92. The molecule has 0 aliphatic rings. The van der Waals surface area contributed by atoms with E-state index in [9.17, 15) is 19.7 Å². The number of aromatic nitrogens is 1. The molecule has 17 heavy (non-hydrogen) atoms. The Morgan fingerprint density at radius 2 is 2.24 bits per heavy atom. The smallest absolute Gasteiger partial charge is 0.358 e. The largest absolute Gasteiger partial charge is 0.364 e. The van der Waals surface area contributed by atoms with Gasteiger partial charge < -0.3 is 10.1 Å². The highest BCUT2D eigenvalue weighted by atomic mass is 16.6. The predicted molar refractivity (Wildman–Crippen MR) is 58.3 cm³/mol. The van der Waals surface area contributed by atoms with Crippen LogP contribution in [-0.4, -0.2) is 21.7 Å². The molecule has 1 rings (SSSR count). The Morgan fingerprint density at radius 3 is 2.82 bits per heavy atom. The summed E-state index contributed by atoms with van der Waals surface area (Å²) in [4.78, 5) is 35.9. The van der Waals surface area contributed by atoms with Crippen molar-refractivity contribution in [3.05, 3.63) is 34.0 Å². The minimum Gasteiger partial charge on any atom is -0.358 e. The molecule has 1 heterocycles. The summed E-state index contributed by atoms with van der Waals surface area (Å²) >= 11 is 0. The summed E-state index contributed by atoms with van der Waals surface area (Å²) in [5.74, 6) is -1.49. The second-order valence-electron chi connectivity index (χ2n) is 3.29. The molecule has 0 radical (unpaired) electrons. The van der Waals surface area contributed by atoms with Gasteiger partial charge in [-0.05, 0) is 22.4 Å². The van der Waals surface area contributed by atoms with Crippen LogP contribution in [0.2, 0.25) is 0 Å². The molecular formula is C10H11N3O4. The molecule has 0 fully saturated rings. The highest BCUT2D eigenvalue weighted by Crippen LogP contribution is 2.09. The lowest BCUT2D eigenvalue weighted by Crippen LogP contribution is -2.30. The molecule has 0 saturated heterocycles. The zero-order chi connectivity index (χ0) is 12.8. The van der Waals surface area contributed by atoms with Crippen LogP contribution in [0.5, 0.6) is 0 Å². The van der Waals surface area contributed by atoms with Crippen LogP contribution in [-0.2, 0) is 4.79 Å². The van der Waals surface area contributed by atoms with Crippen LogP contribution in [0.4, 0.5) is 5.82 Å². The van der Waals surface area contributed by atoms with E-state index in [1.807, 2.05) is 0 Å². The Labute approximate surface area is 97.0 Å². The van der Waals surface area contributed by atoms with Crippen LogP contribution in [0.15, 0.2) is 18.3 Å². The van der Waals surface area contributed by atoms with Gasteiger partial charge in [0.2, 0.25) is 5.91 Å². The first kappa shape index (κ1) is 12.8. The minimum atomic E-state index is -0.704. The SMILES string of the molecule is CCCC(=O)NC(=O)c1ccnc([N+](=O)[O-])c1. The molecule has 0 aromatic carbocycles. The van der Waals surface area contributed by atoms with Crippen molar-refractivity contribution >= 4 is 17.6 Å². The Kier molecular flexibility index (Phi) is 4.27. The molecule has 7 nitrogen and oxygen atoms in total.